The summed E-state index contributed by atoms with van der Waals surface area (Å²) in [5, 5.41) is 12.0. The van der Waals surface area contributed by atoms with E-state index in [0.717, 1.165) is 16.3 Å². The van der Waals surface area contributed by atoms with Gasteiger partial charge in [0, 0.05) is 26.2 Å². The molecule has 1 saturated heterocycles. The van der Waals surface area contributed by atoms with Crippen molar-refractivity contribution >= 4 is 26.7 Å². The van der Waals surface area contributed by atoms with E-state index in [1.807, 2.05) is 42.5 Å². The number of nitrogens with zero attached hydrogens (tertiary/aromatic N) is 2. The van der Waals surface area contributed by atoms with Crippen LogP contribution in [0.5, 0.6) is 5.75 Å². The molecule has 6 nitrogen and oxygen atoms in total. The third-order valence-corrected chi connectivity index (χ3v) is 7.06. The van der Waals surface area contributed by atoms with E-state index >= 15 is 0 Å². The molecule has 1 N–H and O–H groups in total. The number of carbonyl (C=O) groups is 1. The standard InChI is InChI=1S/C22H22N2O4S/c25-21-15-19-9-5-4-8-18(19)14-20(21)22(26)23-10-12-24(13-11-23)29(27,28)16-17-6-2-1-3-7-17/h1-9,14-15,25H,10-13,16H2. The zero-order valence-corrected chi connectivity index (χ0v) is 16.7. The molecule has 0 radical (unpaired) electrons. The summed E-state index contributed by atoms with van der Waals surface area (Å²) >= 11 is 0. The molecule has 29 heavy (non-hydrogen) atoms. The molecule has 1 aliphatic rings. The zero-order chi connectivity index (χ0) is 20.4. The van der Waals surface area contributed by atoms with Crippen LogP contribution < -0.4 is 0 Å². The van der Waals surface area contributed by atoms with E-state index in [0.29, 0.717) is 13.1 Å². The van der Waals surface area contributed by atoms with Crippen molar-refractivity contribution in [3.8, 4) is 5.75 Å². The van der Waals surface area contributed by atoms with Crippen molar-refractivity contribution in [2.75, 3.05) is 26.2 Å². The van der Waals surface area contributed by atoms with Gasteiger partial charge < -0.3 is 10.0 Å². The lowest BCUT2D eigenvalue weighted by Crippen LogP contribution is -2.50. The van der Waals surface area contributed by atoms with Gasteiger partial charge in [-0.1, -0.05) is 54.6 Å². The zero-order valence-electron chi connectivity index (χ0n) is 15.9. The van der Waals surface area contributed by atoms with E-state index in [1.54, 1.807) is 29.2 Å². The van der Waals surface area contributed by atoms with Gasteiger partial charge in [0.05, 0.1) is 11.3 Å². The normalized spacial score (nSPS) is 15.5. The fraction of sp³-hybridized carbons (Fsp3) is 0.227. The van der Waals surface area contributed by atoms with Crippen LogP contribution in [0.25, 0.3) is 10.8 Å². The Morgan fingerprint density at radius 2 is 1.45 bits per heavy atom. The third kappa shape index (κ3) is 4.11. The number of benzene rings is 3. The van der Waals surface area contributed by atoms with Gasteiger partial charge in [0.2, 0.25) is 10.0 Å². The molecule has 3 aromatic carbocycles. The first-order valence-corrected chi connectivity index (χ1v) is 11.1. The van der Waals surface area contributed by atoms with E-state index in [1.165, 1.54) is 4.31 Å². The summed E-state index contributed by atoms with van der Waals surface area (Å²) in [7, 11) is -3.44. The maximum absolute atomic E-state index is 12.9. The Morgan fingerprint density at radius 3 is 2.10 bits per heavy atom. The van der Waals surface area contributed by atoms with Crippen LogP contribution in [-0.2, 0) is 15.8 Å². The predicted octanol–water partition coefficient (Wildman–Crippen LogP) is 2.83. The fourth-order valence-corrected chi connectivity index (χ4v) is 5.13. The predicted molar refractivity (Wildman–Crippen MR) is 112 cm³/mol. The van der Waals surface area contributed by atoms with Crippen molar-refractivity contribution in [1.82, 2.24) is 9.21 Å². The van der Waals surface area contributed by atoms with Gasteiger partial charge in [-0.3, -0.25) is 4.79 Å². The molecule has 1 aliphatic heterocycles. The van der Waals surface area contributed by atoms with E-state index in [9.17, 15) is 18.3 Å². The van der Waals surface area contributed by atoms with Crippen LogP contribution in [-0.4, -0.2) is 54.8 Å². The van der Waals surface area contributed by atoms with Crippen LogP contribution in [0, 0.1) is 0 Å². The lowest BCUT2D eigenvalue weighted by atomic mass is 10.0. The molecule has 1 fully saturated rings. The quantitative estimate of drug-likeness (QED) is 0.718. The fourth-order valence-electron chi connectivity index (χ4n) is 3.62. The average molecular weight is 410 g/mol. The minimum Gasteiger partial charge on any atom is -0.507 e. The van der Waals surface area contributed by atoms with Gasteiger partial charge in [-0.15, -0.1) is 0 Å². The average Bonchev–Trinajstić information content (AvgIpc) is 2.73. The number of phenolic OH excluding ortho intramolecular Hbond substituents is 1. The molecule has 0 atom stereocenters. The molecule has 0 unspecified atom stereocenters. The van der Waals surface area contributed by atoms with Crippen LogP contribution in [0.4, 0.5) is 0 Å². The number of phenols is 1. The van der Waals surface area contributed by atoms with Gasteiger partial charge >= 0.3 is 0 Å². The molecule has 0 spiro atoms. The summed E-state index contributed by atoms with van der Waals surface area (Å²) < 4.78 is 26.8. The molecule has 0 saturated carbocycles. The highest BCUT2D eigenvalue weighted by atomic mass is 32.2. The molecule has 3 aromatic rings. The molecule has 150 valence electrons. The van der Waals surface area contributed by atoms with Gasteiger partial charge in [-0.25, -0.2) is 8.42 Å². The molecule has 4 rings (SSSR count). The summed E-state index contributed by atoms with van der Waals surface area (Å²) in [6.07, 6.45) is 0. The molecule has 0 aromatic heterocycles. The second-order valence-corrected chi connectivity index (χ2v) is 9.12. The Hall–Kier alpha value is -2.90. The lowest BCUT2D eigenvalue weighted by molar-refractivity contribution is 0.0695. The second kappa shape index (κ2) is 7.85. The Morgan fingerprint density at radius 1 is 0.862 bits per heavy atom. The summed E-state index contributed by atoms with van der Waals surface area (Å²) in [6.45, 7) is 1.07. The minimum atomic E-state index is -3.44. The number of amides is 1. The van der Waals surface area contributed by atoms with Crippen LogP contribution in [0.3, 0.4) is 0 Å². The highest BCUT2D eigenvalue weighted by Crippen LogP contribution is 2.26. The number of sulfonamides is 1. The maximum Gasteiger partial charge on any atom is 0.257 e. The van der Waals surface area contributed by atoms with Crippen LogP contribution in [0.1, 0.15) is 15.9 Å². The van der Waals surface area contributed by atoms with Gasteiger partial charge in [0.1, 0.15) is 5.75 Å². The number of fused-ring (bicyclic) bond motifs is 1. The number of hydrogen-bond acceptors (Lipinski definition) is 4. The van der Waals surface area contributed by atoms with Crippen LogP contribution >= 0.6 is 0 Å². The maximum atomic E-state index is 12.9. The van der Waals surface area contributed by atoms with Crippen molar-refractivity contribution in [1.29, 1.82) is 0 Å². The van der Waals surface area contributed by atoms with Crippen molar-refractivity contribution in [2.24, 2.45) is 0 Å². The molecular weight excluding hydrogens is 388 g/mol. The van der Waals surface area contributed by atoms with E-state index in [4.69, 9.17) is 0 Å². The van der Waals surface area contributed by atoms with E-state index in [-0.39, 0.29) is 36.1 Å². The molecular formula is C22H22N2O4S. The largest absolute Gasteiger partial charge is 0.507 e. The number of piperazine rings is 1. The second-order valence-electron chi connectivity index (χ2n) is 7.15. The van der Waals surface area contributed by atoms with Crippen molar-refractivity contribution < 1.29 is 18.3 Å². The monoisotopic (exact) mass is 410 g/mol. The number of rotatable bonds is 4. The highest BCUT2D eigenvalue weighted by molar-refractivity contribution is 7.88. The Balaban J connectivity index is 1.45. The van der Waals surface area contributed by atoms with Crippen molar-refractivity contribution in [3.05, 3.63) is 77.9 Å². The minimum absolute atomic E-state index is 0.0484. The number of aromatic hydroxyl groups is 1. The van der Waals surface area contributed by atoms with Gasteiger partial charge in [-0.2, -0.15) is 4.31 Å². The first-order chi connectivity index (χ1) is 13.9. The molecule has 1 amide bonds. The topological polar surface area (TPSA) is 77.9 Å². The Labute approximate surface area is 170 Å². The van der Waals surface area contributed by atoms with Crippen LogP contribution in [0.15, 0.2) is 66.7 Å². The summed E-state index contributed by atoms with van der Waals surface area (Å²) in [4.78, 5) is 14.5. The van der Waals surface area contributed by atoms with E-state index in [2.05, 4.69) is 0 Å². The number of carbonyl (C=O) groups excluding carboxylic acids is 1. The highest BCUT2D eigenvalue weighted by Gasteiger charge is 2.30. The van der Waals surface area contributed by atoms with E-state index < -0.39 is 10.0 Å². The van der Waals surface area contributed by atoms with Crippen molar-refractivity contribution in [3.63, 3.8) is 0 Å². The first-order valence-electron chi connectivity index (χ1n) is 9.47. The summed E-state index contributed by atoms with van der Waals surface area (Å²) in [5.74, 6) is -0.394. The third-order valence-electron chi connectivity index (χ3n) is 5.21. The number of hydrogen-bond donors (Lipinski definition) is 1. The van der Waals surface area contributed by atoms with Crippen LogP contribution in [0.2, 0.25) is 0 Å². The summed E-state index contributed by atoms with van der Waals surface area (Å²) in [6, 6.07) is 19.9. The van der Waals surface area contributed by atoms with Crippen molar-refractivity contribution in [2.45, 2.75) is 5.75 Å². The van der Waals surface area contributed by atoms with Gasteiger partial charge in [0.25, 0.3) is 5.91 Å². The summed E-state index contributed by atoms with van der Waals surface area (Å²) in [5.41, 5.74) is 0.983. The molecule has 0 aliphatic carbocycles. The van der Waals surface area contributed by atoms with Gasteiger partial charge in [0.15, 0.2) is 0 Å². The smallest absolute Gasteiger partial charge is 0.257 e. The molecule has 0 bridgehead atoms. The molecule has 1 heterocycles. The molecule has 7 heteroatoms. The SMILES string of the molecule is O=C(c1cc2ccccc2cc1O)N1CCN(S(=O)(=O)Cc2ccccc2)CC1. The lowest BCUT2D eigenvalue weighted by Gasteiger charge is -2.34. The van der Waals surface area contributed by atoms with Gasteiger partial charge in [-0.05, 0) is 28.5 Å². The first kappa shape index (κ1) is 19.4. The Kier molecular flexibility index (Phi) is 5.25. The Bertz CT molecular complexity index is 1140.